The minimum atomic E-state index is -1.13. The normalized spacial score (nSPS) is 19.9. The van der Waals surface area contributed by atoms with Gasteiger partial charge in [0.2, 0.25) is 11.8 Å². The van der Waals surface area contributed by atoms with Crippen LogP contribution in [0, 0.1) is 5.92 Å². The Morgan fingerprint density at radius 3 is 2.40 bits per heavy atom. The largest absolute Gasteiger partial charge is 0.479 e. The molecule has 1 saturated heterocycles. The van der Waals surface area contributed by atoms with E-state index >= 15 is 0 Å². The molecule has 35 heavy (non-hydrogen) atoms. The first-order valence-electron chi connectivity index (χ1n) is 11.9. The Labute approximate surface area is 205 Å². The second-order valence-electron chi connectivity index (χ2n) is 10.1. The van der Waals surface area contributed by atoms with Crippen LogP contribution >= 0.6 is 0 Å². The molecule has 0 spiro atoms. The number of likely N-dealkylation sites (N-methyl/N-ethyl adjacent to an activating group) is 1. The summed E-state index contributed by atoms with van der Waals surface area (Å²) in [5.74, 6) is -2.33. The van der Waals surface area contributed by atoms with Crippen LogP contribution in [0.5, 0.6) is 0 Å². The number of carbonyl (C=O) groups excluding carboxylic acids is 3. The van der Waals surface area contributed by atoms with E-state index in [9.17, 15) is 24.3 Å². The number of amides is 3. The minimum absolute atomic E-state index is 0.148. The molecule has 0 radical (unpaired) electrons. The van der Waals surface area contributed by atoms with Crippen molar-refractivity contribution >= 4 is 23.9 Å². The molecule has 0 unspecified atom stereocenters. The van der Waals surface area contributed by atoms with Crippen LogP contribution in [0.3, 0.4) is 0 Å². The number of nitrogens with zero attached hydrogens (tertiary/aromatic N) is 2. The van der Waals surface area contributed by atoms with Crippen LogP contribution < -0.4 is 5.32 Å². The number of hydrogen-bond acceptors (Lipinski definition) is 6. The van der Waals surface area contributed by atoms with Crippen LogP contribution in [0.2, 0.25) is 0 Å². The zero-order valence-corrected chi connectivity index (χ0v) is 20.9. The number of hydrogen-bond donors (Lipinski definition) is 2. The van der Waals surface area contributed by atoms with Crippen LogP contribution in [-0.4, -0.2) is 76.7 Å². The van der Waals surface area contributed by atoms with Crippen molar-refractivity contribution in [2.75, 3.05) is 20.3 Å². The highest BCUT2D eigenvalue weighted by atomic mass is 16.6. The van der Waals surface area contributed by atoms with Crippen LogP contribution in [-0.2, 0) is 30.4 Å². The molecule has 192 valence electrons. The van der Waals surface area contributed by atoms with Gasteiger partial charge in [-0.2, -0.15) is 0 Å². The van der Waals surface area contributed by atoms with E-state index in [1.807, 2.05) is 0 Å². The zero-order valence-electron chi connectivity index (χ0n) is 20.9. The number of rotatable bonds is 6. The molecule has 2 aliphatic rings. The van der Waals surface area contributed by atoms with Crippen molar-refractivity contribution in [2.24, 2.45) is 5.92 Å². The van der Waals surface area contributed by atoms with E-state index in [0.717, 1.165) is 5.56 Å². The molecule has 0 bridgehead atoms. The van der Waals surface area contributed by atoms with Gasteiger partial charge in [-0.25, -0.2) is 9.59 Å². The molecule has 0 saturated carbocycles. The van der Waals surface area contributed by atoms with Crippen LogP contribution in [0.1, 0.15) is 57.7 Å². The Balaban J connectivity index is 1.82. The molecule has 10 heteroatoms. The number of ether oxygens (including phenoxy) is 2. The van der Waals surface area contributed by atoms with Gasteiger partial charge in [0.15, 0.2) is 6.04 Å². The topological polar surface area (TPSA) is 125 Å². The Kier molecular flexibility index (Phi) is 8.04. The number of aliphatic carboxylic acids is 1. The van der Waals surface area contributed by atoms with Gasteiger partial charge in [0, 0.05) is 26.8 Å². The van der Waals surface area contributed by atoms with Crippen molar-refractivity contribution in [1.82, 2.24) is 15.1 Å². The van der Waals surface area contributed by atoms with Gasteiger partial charge >= 0.3 is 12.1 Å². The fourth-order valence-electron chi connectivity index (χ4n) is 4.41. The van der Waals surface area contributed by atoms with E-state index < -0.39 is 47.6 Å². The standard InChI is InChI=1S/C25H35N3O7/c1-15(27(5)24(33)35-25(2,3)4)21(29)26-19(16-10-12-34-13-11-16)22(30)28-14-17-8-6-7-9-18(17)20(28)23(31)32/h6-9,15-16,19-20H,10-14H2,1-5H3,(H,26,29)(H,31,32)/t15-,19-,20-/m0/s1. The number of nitrogens with one attached hydrogen (secondary N) is 1. The molecule has 1 aromatic carbocycles. The number of carboxylic acids is 1. The van der Waals surface area contributed by atoms with E-state index in [1.165, 1.54) is 16.8 Å². The van der Waals surface area contributed by atoms with E-state index in [0.29, 0.717) is 31.6 Å². The Bertz CT molecular complexity index is 968. The van der Waals surface area contributed by atoms with Crippen molar-refractivity contribution in [3.63, 3.8) is 0 Å². The summed E-state index contributed by atoms with van der Waals surface area (Å²) in [5, 5.41) is 12.7. The van der Waals surface area contributed by atoms with Crippen molar-refractivity contribution in [2.45, 2.75) is 70.8 Å². The first-order valence-corrected chi connectivity index (χ1v) is 11.9. The summed E-state index contributed by atoms with van der Waals surface area (Å²) >= 11 is 0. The van der Waals surface area contributed by atoms with E-state index in [2.05, 4.69) is 5.32 Å². The Morgan fingerprint density at radius 2 is 1.80 bits per heavy atom. The van der Waals surface area contributed by atoms with Gasteiger partial charge in [-0.1, -0.05) is 24.3 Å². The van der Waals surface area contributed by atoms with Crippen molar-refractivity contribution in [3.8, 4) is 0 Å². The lowest BCUT2D eigenvalue weighted by Crippen LogP contribution is -2.57. The predicted octanol–water partition coefficient (Wildman–Crippen LogP) is 2.32. The maximum Gasteiger partial charge on any atom is 0.410 e. The quantitative estimate of drug-likeness (QED) is 0.628. The summed E-state index contributed by atoms with van der Waals surface area (Å²) in [6.45, 7) is 7.79. The Hall–Kier alpha value is -3.14. The average Bonchev–Trinajstić information content (AvgIpc) is 3.20. The summed E-state index contributed by atoms with van der Waals surface area (Å²) in [4.78, 5) is 54.0. The first kappa shape index (κ1) is 26.5. The zero-order chi connectivity index (χ0) is 25.9. The van der Waals surface area contributed by atoms with Gasteiger partial charge in [-0.3, -0.25) is 14.5 Å². The molecule has 3 atom stereocenters. The summed E-state index contributed by atoms with van der Waals surface area (Å²) in [5.41, 5.74) is 0.616. The van der Waals surface area contributed by atoms with Crippen LogP contribution in [0.4, 0.5) is 4.79 Å². The minimum Gasteiger partial charge on any atom is -0.479 e. The number of carboxylic acid groups (broad SMARTS) is 1. The number of carbonyl (C=O) groups is 4. The van der Waals surface area contributed by atoms with E-state index in [-0.39, 0.29) is 12.5 Å². The molecule has 2 heterocycles. The third-order valence-corrected chi connectivity index (χ3v) is 6.46. The summed E-state index contributed by atoms with van der Waals surface area (Å²) in [6, 6.07) is 4.08. The smallest absolute Gasteiger partial charge is 0.410 e. The SMILES string of the molecule is C[C@@H](C(=O)N[C@H](C(=O)N1Cc2ccccc2[C@H]1C(=O)O)C1CCOCC1)N(C)C(=O)OC(C)(C)C. The number of benzene rings is 1. The molecule has 0 aliphatic carbocycles. The van der Waals surface area contributed by atoms with Gasteiger partial charge < -0.3 is 24.8 Å². The maximum atomic E-state index is 13.8. The lowest BCUT2D eigenvalue weighted by atomic mass is 9.90. The van der Waals surface area contributed by atoms with Crippen molar-refractivity contribution < 1.29 is 33.8 Å². The Morgan fingerprint density at radius 1 is 1.17 bits per heavy atom. The van der Waals surface area contributed by atoms with Crippen molar-refractivity contribution in [3.05, 3.63) is 35.4 Å². The third-order valence-electron chi connectivity index (χ3n) is 6.46. The summed E-state index contributed by atoms with van der Waals surface area (Å²) < 4.78 is 10.8. The summed E-state index contributed by atoms with van der Waals surface area (Å²) in [6.07, 6.45) is 0.437. The highest BCUT2D eigenvalue weighted by Gasteiger charge is 2.44. The number of fused-ring (bicyclic) bond motifs is 1. The average molecular weight is 490 g/mol. The predicted molar refractivity (Wildman–Crippen MR) is 126 cm³/mol. The van der Waals surface area contributed by atoms with Gasteiger partial charge in [0.1, 0.15) is 17.7 Å². The fraction of sp³-hybridized carbons (Fsp3) is 0.600. The fourth-order valence-corrected chi connectivity index (χ4v) is 4.41. The molecule has 1 fully saturated rings. The molecular formula is C25H35N3O7. The molecule has 2 aliphatic heterocycles. The van der Waals surface area contributed by atoms with Gasteiger partial charge in [-0.15, -0.1) is 0 Å². The first-order chi connectivity index (χ1) is 16.4. The van der Waals surface area contributed by atoms with Crippen molar-refractivity contribution in [1.29, 1.82) is 0 Å². The van der Waals surface area contributed by atoms with E-state index in [1.54, 1.807) is 52.0 Å². The third kappa shape index (κ3) is 6.11. The molecule has 3 rings (SSSR count). The maximum absolute atomic E-state index is 13.8. The molecule has 3 amide bonds. The van der Waals surface area contributed by atoms with Crippen LogP contribution in [0.25, 0.3) is 0 Å². The van der Waals surface area contributed by atoms with Crippen LogP contribution in [0.15, 0.2) is 24.3 Å². The van der Waals surface area contributed by atoms with Gasteiger partial charge in [0.05, 0.1) is 0 Å². The molecule has 2 N–H and O–H groups in total. The monoisotopic (exact) mass is 489 g/mol. The van der Waals surface area contributed by atoms with Gasteiger partial charge in [0.25, 0.3) is 0 Å². The summed E-state index contributed by atoms with van der Waals surface area (Å²) in [7, 11) is 1.46. The molecular weight excluding hydrogens is 454 g/mol. The highest BCUT2D eigenvalue weighted by molar-refractivity contribution is 5.94. The lowest BCUT2D eigenvalue weighted by molar-refractivity contribution is -0.152. The second-order valence-corrected chi connectivity index (χ2v) is 10.1. The lowest BCUT2D eigenvalue weighted by Gasteiger charge is -2.35. The second kappa shape index (κ2) is 10.6. The highest BCUT2D eigenvalue weighted by Crippen LogP contribution is 2.35. The molecule has 0 aromatic heterocycles. The molecule has 1 aromatic rings. The van der Waals surface area contributed by atoms with E-state index in [4.69, 9.17) is 9.47 Å². The molecule has 10 nitrogen and oxygen atoms in total. The van der Waals surface area contributed by atoms with Gasteiger partial charge in [-0.05, 0) is 57.6 Å².